The third kappa shape index (κ3) is 2.31. The molecule has 0 spiro atoms. The van der Waals surface area contributed by atoms with E-state index in [9.17, 15) is 10.1 Å². The zero-order valence-electron chi connectivity index (χ0n) is 11.9. The van der Waals surface area contributed by atoms with Gasteiger partial charge in [0.1, 0.15) is 5.75 Å². The number of amides is 1. The lowest BCUT2D eigenvalue weighted by Gasteiger charge is -2.27. The molecule has 0 radical (unpaired) electrons. The van der Waals surface area contributed by atoms with Gasteiger partial charge < -0.3 is 4.74 Å². The average molecular weight is 291 g/mol. The van der Waals surface area contributed by atoms with Gasteiger partial charge in [0.05, 0.1) is 19.4 Å². The number of ether oxygens (including phenoxy) is 1. The minimum atomic E-state index is -0.726. The molecule has 5 nitrogen and oxygen atoms in total. The number of nitriles is 1. The molecule has 108 valence electrons. The van der Waals surface area contributed by atoms with Crippen molar-refractivity contribution in [3.05, 3.63) is 65.2 Å². The van der Waals surface area contributed by atoms with Gasteiger partial charge >= 0.3 is 0 Å². The fraction of sp³-hybridized carbons (Fsp3) is 0.118. The summed E-state index contributed by atoms with van der Waals surface area (Å²) in [5.41, 5.74) is 2.09. The summed E-state index contributed by atoms with van der Waals surface area (Å²) in [7, 11) is 1.56. The molecule has 1 unspecified atom stereocenters. The molecule has 0 saturated heterocycles. The third-order valence-electron chi connectivity index (χ3n) is 3.52. The zero-order valence-corrected chi connectivity index (χ0v) is 11.9. The van der Waals surface area contributed by atoms with Crippen LogP contribution in [0.5, 0.6) is 5.75 Å². The number of nitrogens with zero attached hydrogens (tertiary/aromatic N) is 3. The van der Waals surface area contributed by atoms with E-state index in [2.05, 4.69) is 11.2 Å². The van der Waals surface area contributed by atoms with Crippen LogP contribution in [-0.4, -0.2) is 24.2 Å². The maximum absolute atomic E-state index is 12.6. The zero-order chi connectivity index (χ0) is 15.5. The van der Waals surface area contributed by atoms with Gasteiger partial charge in [0.25, 0.3) is 5.91 Å². The first kappa shape index (κ1) is 13.8. The van der Waals surface area contributed by atoms with Crippen LogP contribution in [0.2, 0.25) is 0 Å². The predicted molar refractivity (Wildman–Crippen MR) is 81.6 cm³/mol. The van der Waals surface area contributed by atoms with Gasteiger partial charge in [0, 0.05) is 11.1 Å². The summed E-state index contributed by atoms with van der Waals surface area (Å²) < 4.78 is 5.08. The highest BCUT2D eigenvalue weighted by atomic mass is 16.5. The number of hydrogen-bond acceptors (Lipinski definition) is 4. The summed E-state index contributed by atoms with van der Waals surface area (Å²) in [6, 6.07) is 15.6. The highest BCUT2D eigenvalue weighted by Gasteiger charge is 2.30. The van der Waals surface area contributed by atoms with E-state index >= 15 is 0 Å². The Morgan fingerprint density at radius 1 is 1.23 bits per heavy atom. The maximum atomic E-state index is 12.6. The van der Waals surface area contributed by atoms with Gasteiger partial charge in [0.2, 0.25) is 0 Å². The lowest BCUT2D eigenvalue weighted by atomic mass is 9.99. The average Bonchev–Trinajstić information content (AvgIpc) is 2.60. The van der Waals surface area contributed by atoms with E-state index in [0.717, 1.165) is 11.1 Å². The molecule has 0 N–H and O–H groups in total. The van der Waals surface area contributed by atoms with E-state index in [0.29, 0.717) is 11.3 Å². The van der Waals surface area contributed by atoms with Gasteiger partial charge in [0.15, 0.2) is 6.04 Å². The topological polar surface area (TPSA) is 65.7 Å². The predicted octanol–water partition coefficient (Wildman–Crippen LogP) is 2.75. The molecule has 3 rings (SSSR count). The maximum Gasteiger partial charge on any atom is 0.275 e. The summed E-state index contributed by atoms with van der Waals surface area (Å²) >= 11 is 0. The number of benzene rings is 2. The van der Waals surface area contributed by atoms with Gasteiger partial charge in [-0.3, -0.25) is 4.79 Å². The molecule has 1 heterocycles. The summed E-state index contributed by atoms with van der Waals surface area (Å²) in [6.07, 6.45) is 1.60. The van der Waals surface area contributed by atoms with Crippen LogP contribution in [0.4, 0.5) is 0 Å². The minimum absolute atomic E-state index is 0.319. The van der Waals surface area contributed by atoms with E-state index in [1.165, 1.54) is 5.01 Å². The quantitative estimate of drug-likeness (QED) is 0.854. The lowest BCUT2D eigenvalue weighted by Crippen LogP contribution is -2.32. The highest BCUT2D eigenvalue weighted by molar-refractivity contribution is 5.96. The Balaban J connectivity index is 1.94. The molecule has 2 aromatic carbocycles. The second-order valence-corrected chi connectivity index (χ2v) is 4.78. The molecule has 2 aromatic rings. The summed E-state index contributed by atoms with van der Waals surface area (Å²) in [5.74, 6) is 0.348. The second-order valence-electron chi connectivity index (χ2n) is 4.78. The number of carbonyl (C=O) groups is 1. The standard InChI is InChI=1S/C17H13N3O2/c1-22-14-8-6-12(7-9-14)17(21)20-16(10-18)15-5-3-2-4-13(15)11-19-20/h2-9,11,16H,1H3. The fourth-order valence-electron chi connectivity index (χ4n) is 2.36. The highest BCUT2D eigenvalue weighted by Crippen LogP contribution is 2.28. The number of hydrogen-bond donors (Lipinski definition) is 0. The normalized spacial score (nSPS) is 15.8. The fourth-order valence-corrected chi connectivity index (χ4v) is 2.36. The van der Waals surface area contributed by atoms with Crippen LogP contribution in [0.3, 0.4) is 0 Å². The first-order valence-electron chi connectivity index (χ1n) is 6.74. The smallest absolute Gasteiger partial charge is 0.275 e. The Kier molecular flexibility index (Phi) is 3.58. The molecule has 0 aromatic heterocycles. The Morgan fingerprint density at radius 2 is 1.95 bits per heavy atom. The van der Waals surface area contributed by atoms with Crippen molar-refractivity contribution >= 4 is 12.1 Å². The van der Waals surface area contributed by atoms with Crippen molar-refractivity contribution in [1.82, 2.24) is 5.01 Å². The number of rotatable bonds is 2. The van der Waals surface area contributed by atoms with Crippen molar-refractivity contribution < 1.29 is 9.53 Å². The van der Waals surface area contributed by atoms with E-state index < -0.39 is 6.04 Å². The Hall–Kier alpha value is -3.13. The summed E-state index contributed by atoms with van der Waals surface area (Å²) in [4.78, 5) is 12.6. The van der Waals surface area contributed by atoms with Crippen LogP contribution >= 0.6 is 0 Å². The Bertz CT molecular complexity index is 775. The second kappa shape index (κ2) is 5.70. The van der Waals surface area contributed by atoms with Crippen LogP contribution in [0.25, 0.3) is 0 Å². The van der Waals surface area contributed by atoms with Crippen molar-refractivity contribution in [2.24, 2.45) is 5.10 Å². The SMILES string of the molecule is COc1ccc(C(=O)N2N=Cc3ccccc3C2C#N)cc1. The van der Waals surface area contributed by atoms with Crippen molar-refractivity contribution in [3.8, 4) is 11.8 Å². The van der Waals surface area contributed by atoms with Gasteiger partial charge in [-0.2, -0.15) is 10.4 Å². The number of fused-ring (bicyclic) bond motifs is 1. The molecule has 1 aliphatic heterocycles. The largest absolute Gasteiger partial charge is 0.497 e. The molecule has 0 saturated carbocycles. The molecule has 0 fully saturated rings. The van der Waals surface area contributed by atoms with Crippen LogP contribution in [0.15, 0.2) is 53.6 Å². The van der Waals surface area contributed by atoms with Gasteiger partial charge in [-0.05, 0) is 29.8 Å². The molecule has 0 aliphatic carbocycles. The number of hydrazone groups is 1. The van der Waals surface area contributed by atoms with Crippen molar-refractivity contribution in [1.29, 1.82) is 5.26 Å². The number of methoxy groups -OCH3 is 1. The van der Waals surface area contributed by atoms with Crippen molar-refractivity contribution in [2.45, 2.75) is 6.04 Å². The summed E-state index contributed by atoms with van der Waals surface area (Å²) in [6.45, 7) is 0. The lowest BCUT2D eigenvalue weighted by molar-refractivity contribution is 0.0720. The minimum Gasteiger partial charge on any atom is -0.497 e. The first-order chi connectivity index (χ1) is 10.7. The van der Waals surface area contributed by atoms with Crippen molar-refractivity contribution in [2.75, 3.05) is 7.11 Å². The Morgan fingerprint density at radius 3 is 2.64 bits per heavy atom. The van der Waals surface area contributed by atoms with Gasteiger partial charge in [-0.25, -0.2) is 5.01 Å². The van der Waals surface area contributed by atoms with Crippen LogP contribution < -0.4 is 4.74 Å². The molecule has 22 heavy (non-hydrogen) atoms. The van der Waals surface area contributed by atoms with E-state index in [-0.39, 0.29) is 5.91 Å². The van der Waals surface area contributed by atoms with E-state index in [4.69, 9.17) is 4.74 Å². The van der Waals surface area contributed by atoms with Crippen LogP contribution in [0.1, 0.15) is 27.5 Å². The molecule has 1 amide bonds. The van der Waals surface area contributed by atoms with Gasteiger partial charge in [-0.15, -0.1) is 0 Å². The summed E-state index contributed by atoms with van der Waals surface area (Å²) in [5, 5.41) is 14.8. The monoisotopic (exact) mass is 291 g/mol. The Labute approximate surface area is 128 Å². The molecule has 1 aliphatic rings. The molecular weight excluding hydrogens is 278 g/mol. The number of carbonyl (C=O) groups excluding carboxylic acids is 1. The molecule has 5 heteroatoms. The molecule has 0 bridgehead atoms. The van der Waals surface area contributed by atoms with Crippen LogP contribution in [0, 0.1) is 11.3 Å². The third-order valence-corrected chi connectivity index (χ3v) is 3.52. The van der Waals surface area contributed by atoms with Gasteiger partial charge in [-0.1, -0.05) is 24.3 Å². The molecule has 1 atom stereocenters. The van der Waals surface area contributed by atoms with Crippen LogP contribution in [-0.2, 0) is 0 Å². The van der Waals surface area contributed by atoms with Crippen molar-refractivity contribution in [3.63, 3.8) is 0 Å². The molecular formula is C17H13N3O2. The first-order valence-corrected chi connectivity index (χ1v) is 6.74. The van der Waals surface area contributed by atoms with E-state index in [1.54, 1.807) is 37.6 Å². The van der Waals surface area contributed by atoms with E-state index in [1.807, 2.05) is 24.3 Å².